The molecule has 14 heteroatoms. The molecule has 2 aromatic carbocycles. The first-order valence-electron chi connectivity index (χ1n) is 14.1. The number of carboxylic acids is 2. The highest BCUT2D eigenvalue weighted by Crippen LogP contribution is 2.45. The molecule has 1 aliphatic heterocycles. The molecule has 0 saturated carbocycles. The minimum Gasteiger partial charge on any atom is -0.491 e. The molecule has 3 rings (SSSR count). The molecule has 0 radical (unpaired) electrons. The summed E-state index contributed by atoms with van der Waals surface area (Å²) in [5.74, 6) is -4.20. The highest BCUT2D eigenvalue weighted by Gasteiger charge is 2.51. The molecule has 7 N–H and O–H groups in total. The number of aliphatic hydroxyl groups is 1. The molecule has 0 amide bonds. The minimum atomic E-state index is -1.30. The van der Waals surface area contributed by atoms with E-state index in [1.807, 2.05) is 31.2 Å². The number of aliphatic carboxylic acids is 2. The molecule has 0 aromatic heterocycles. The number of ether oxygens (including phenoxy) is 1. The summed E-state index contributed by atoms with van der Waals surface area (Å²) in [6.07, 6.45) is -0.456. The van der Waals surface area contributed by atoms with Crippen LogP contribution in [0.25, 0.3) is 0 Å². The lowest BCUT2D eigenvalue weighted by atomic mass is 9.66. The van der Waals surface area contributed by atoms with Crippen molar-refractivity contribution >= 4 is 35.0 Å². The number of thiocarbonyl (C=S) groups is 1. The van der Waals surface area contributed by atoms with Crippen LogP contribution in [0.15, 0.2) is 59.8 Å². The highest BCUT2D eigenvalue weighted by molar-refractivity contribution is 7.80. The molecule has 4 unspecified atom stereocenters. The maximum atomic E-state index is 12.6. The molecule has 0 spiro atoms. The number of nitrogens with one attached hydrogen (secondary N) is 4. The van der Waals surface area contributed by atoms with E-state index < -0.39 is 40.3 Å². The van der Waals surface area contributed by atoms with E-state index in [-0.39, 0.29) is 42.1 Å². The first kappa shape index (κ1) is 34.2. The van der Waals surface area contributed by atoms with Crippen molar-refractivity contribution in [3.63, 3.8) is 0 Å². The Morgan fingerprint density at radius 3 is 2.48 bits per heavy atom. The molecule has 2 aromatic rings. The van der Waals surface area contributed by atoms with E-state index in [1.54, 1.807) is 13.8 Å². The van der Waals surface area contributed by atoms with Gasteiger partial charge in [0.25, 0.3) is 5.69 Å². The van der Waals surface area contributed by atoms with Crippen LogP contribution in [0.5, 0.6) is 5.75 Å². The lowest BCUT2D eigenvalue weighted by Gasteiger charge is -2.46. The third-order valence-corrected chi connectivity index (χ3v) is 7.86. The molecule has 0 saturated heterocycles. The number of allylic oxidation sites excluding steroid dienone is 1. The van der Waals surface area contributed by atoms with Crippen LogP contribution >= 0.6 is 12.2 Å². The Morgan fingerprint density at radius 2 is 1.82 bits per heavy atom. The van der Waals surface area contributed by atoms with Gasteiger partial charge in [0.15, 0.2) is 5.11 Å². The maximum absolute atomic E-state index is 12.6. The van der Waals surface area contributed by atoms with E-state index in [1.165, 1.54) is 24.3 Å². The van der Waals surface area contributed by atoms with Crippen molar-refractivity contribution in [1.29, 1.82) is 0 Å². The van der Waals surface area contributed by atoms with Crippen molar-refractivity contribution < 1.29 is 34.6 Å². The van der Waals surface area contributed by atoms with E-state index >= 15 is 0 Å². The van der Waals surface area contributed by atoms with Crippen LogP contribution < -0.4 is 26.0 Å². The summed E-state index contributed by atoms with van der Waals surface area (Å²) in [6.45, 7) is 6.89. The molecule has 4 atom stereocenters. The number of non-ortho nitro benzene ring substituents is 1. The van der Waals surface area contributed by atoms with Crippen molar-refractivity contribution in [2.24, 2.45) is 5.92 Å². The van der Waals surface area contributed by atoms with Gasteiger partial charge in [-0.15, -0.1) is 0 Å². The number of nitro groups is 1. The van der Waals surface area contributed by atoms with E-state index in [4.69, 9.17) is 17.0 Å². The number of benzene rings is 2. The number of nitrogens with zero attached hydrogens (tertiary/aromatic N) is 1. The van der Waals surface area contributed by atoms with E-state index in [2.05, 4.69) is 21.3 Å². The Labute approximate surface area is 260 Å². The summed E-state index contributed by atoms with van der Waals surface area (Å²) in [5.41, 5.74) is -0.0200. The number of hydrogen-bond acceptors (Lipinski definition) is 9. The standard InChI is InChI=1S/C30H39N5O8S/c1-18-7-4-5-10-23(18)43-17-22(36)16-31-13-14-33-29(44)32-12-11-30(3)26(28(39)40)25(24(27(37)38)19(2)34-30)20-8-6-9-21(15-20)35(41)42/h4-10,15,22,25-26,31,34,36H,11-14,16-17H2,1-3H3,(H,37,38)(H,39,40)(H2,32,33,44). The normalized spacial score (nSPS) is 20.3. The van der Waals surface area contributed by atoms with E-state index in [0.717, 1.165) is 11.3 Å². The van der Waals surface area contributed by atoms with Crippen LogP contribution in [-0.2, 0) is 9.59 Å². The quantitative estimate of drug-likeness (QED) is 0.0657. The fraction of sp³-hybridized carbons (Fsp3) is 0.433. The highest BCUT2D eigenvalue weighted by atomic mass is 32.1. The van der Waals surface area contributed by atoms with Gasteiger partial charge in [-0.1, -0.05) is 30.3 Å². The first-order chi connectivity index (χ1) is 20.8. The van der Waals surface area contributed by atoms with Crippen molar-refractivity contribution in [2.45, 2.75) is 44.8 Å². The Bertz CT molecular complexity index is 1400. The molecule has 0 aliphatic carbocycles. The van der Waals surface area contributed by atoms with Crippen molar-refractivity contribution in [2.75, 3.05) is 32.8 Å². The average molecular weight is 630 g/mol. The van der Waals surface area contributed by atoms with Gasteiger partial charge in [-0.3, -0.25) is 14.9 Å². The lowest BCUT2D eigenvalue weighted by Crippen LogP contribution is -2.58. The largest absolute Gasteiger partial charge is 0.491 e. The Kier molecular flexibility index (Phi) is 12.0. The second kappa shape index (κ2) is 15.5. The van der Waals surface area contributed by atoms with E-state index in [0.29, 0.717) is 24.7 Å². The number of carbonyl (C=O) groups is 2. The third kappa shape index (κ3) is 8.88. The van der Waals surface area contributed by atoms with Gasteiger partial charge in [-0.25, -0.2) is 4.79 Å². The topological polar surface area (TPSA) is 195 Å². The number of aryl methyl sites for hydroxylation is 1. The maximum Gasteiger partial charge on any atom is 0.333 e. The first-order valence-corrected chi connectivity index (χ1v) is 14.5. The molecule has 0 bridgehead atoms. The second-order valence-electron chi connectivity index (χ2n) is 10.9. The number of carboxylic acid groups (broad SMARTS) is 2. The van der Waals surface area contributed by atoms with Crippen molar-refractivity contribution in [1.82, 2.24) is 21.3 Å². The molecule has 0 fully saturated rings. The second-order valence-corrected chi connectivity index (χ2v) is 11.3. The smallest absolute Gasteiger partial charge is 0.333 e. The number of nitro benzene ring substituents is 1. The zero-order chi connectivity index (χ0) is 32.4. The van der Waals surface area contributed by atoms with Gasteiger partial charge in [0.2, 0.25) is 0 Å². The van der Waals surface area contributed by atoms with Gasteiger partial charge in [0.05, 0.1) is 22.0 Å². The Hall–Kier alpha value is -4.27. The van der Waals surface area contributed by atoms with Crippen molar-refractivity contribution in [3.05, 3.63) is 81.0 Å². The van der Waals surface area contributed by atoms with Crippen LogP contribution in [-0.4, -0.2) is 81.7 Å². The SMILES string of the molecule is CC1=C(C(=O)O)C(c2cccc([N+](=O)[O-])c2)C(C(=O)O)C(C)(CCNC(=S)NCCNCC(O)COc2ccccc2C)N1. The molecule has 238 valence electrons. The van der Waals surface area contributed by atoms with Crippen LogP contribution in [0.1, 0.15) is 37.3 Å². The van der Waals surface area contributed by atoms with Gasteiger partial charge in [-0.2, -0.15) is 0 Å². The Balaban J connectivity index is 1.54. The zero-order valence-corrected chi connectivity index (χ0v) is 25.6. The predicted molar refractivity (Wildman–Crippen MR) is 168 cm³/mol. The summed E-state index contributed by atoms with van der Waals surface area (Å²) in [4.78, 5) is 35.7. The van der Waals surface area contributed by atoms with Gasteiger partial charge in [-0.05, 0) is 56.6 Å². The van der Waals surface area contributed by atoms with Gasteiger partial charge in [0, 0.05) is 49.9 Å². The van der Waals surface area contributed by atoms with Gasteiger partial charge >= 0.3 is 11.9 Å². The van der Waals surface area contributed by atoms with Crippen LogP contribution in [0.2, 0.25) is 0 Å². The number of aliphatic hydroxyl groups excluding tert-OH is 1. The third-order valence-electron chi connectivity index (χ3n) is 7.57. The molecule has 44 heavy (non-hydrogen) atoms. The molecule has 1 heterocycles. The lowest BCUT2D eigenvalue weighted by molar-refractivity contribution is -0.384. The van der Waals surface area contributed by atoms with E-state index in [9.17, 15) is 35.0 Å². The molecule has 13 nitrogen and oxygen atoms in total. The fourth-order valence-electron chi connectivity index (χ4n) is 5.45. The predicted octanol–water partition coefficient (Wildman–Crippen LogP) is 2.29. The molecular formula is C30H39N5O8S. The fourth-order valence-corrected chi connectivity index (χ4v) is 5.66. The number of rotatable bonds is 15. The molecule has 1 aliphatic rings. The Morgan fingerprint density at radius 1 is 1.11 bits per heavy atom. The number of hydrogen-bond donors (Lipinski definition) is 7. The summed E-state index contributed by atoms with van der Waals surface area (Å²) in [5, 5.41) is 54.5. The summed E-state index contributed by atoms with van der Waals surface area (Å²) in [6, 6.07) is 13.0. The zero-order valence-electron chi connectivity index (χ0n) is 24.8. The van der Waals surface area contributed by atoms with Gasteiger partial charge < -0.3 is 41.3 Å². The van der Waals surface area contributed by atoms with Gasteiger partial charge in [0.1, 0.15) is 18.5 Å². The minimum absolute atomic E-state index is 0.153. The molecular weight excluding hydrogens is 590 g/mol. The number of para-hydroxylation sites is 1. The average Bonchev–Trinajstić information content (AvgIpc) is 2.95. The van der Waals surface area contributed by atoms with Crippen LogP contribution in [0, 0.1) is 23.0 Å². The summed E-state index contributed by atoms with van der Waals surface area (Å²) >= 11 is 5.35. The monoisotopic (exact) mass is 629 g/mol. The summed E-state index contributed by atoms with van der Waals surface area (Å²) in [7, 11) is 0. The van der Waals surface area contributed by atoms with Crippen molar-refractivity contribution in [3.8, 4) is 5.75 Å². The van der Waals surface area contributed by atoms with Crippen LogP contribution in [0.4, 0.5) is 5.69 Å². The van der Waals surface area contributed by atoms with Crippen LogP contribution in [0.3, 0.4) is 0 Å². The summed E-state index contributed by atoms with van der Waals surface area (Å²) < 4.78 is 5.65.